The summed E-state index contributed by atoms with van der Waals surface area (Å²) in [5.74, 6) is -0.470. The first-order chi connectivity index (χ1) is 8.58. The first-order valence-electron chi connectivity index (χ1n) is 5.34. The van der Waals surface area contributed by atoms with Gasteiger partial charge in [0.1, 0.15) is 0 Å². The van der Waals surface area contributed by atoms with Crippen LogP contribution in [-0.4, -0.2) is 11.9 Å². The molecular formula is C12H13N4O2+. The number of carbonyl (C=O) groups is 2. The van der Waals surface area contributed by atoms with Gasteiger partial charge in [-0.2, -0.15) is 4.57 Å². The zero-order valence-corrected chi connectivity index (χ0v) is 9.59. The van der Waals surface area contributed by atoms with Crippen LogP contribution in [0.3, 0.4) is 0 Å². The molecule has 0 saturated heterocycles. The SMILES string of the molecule is NC(=O)NC(=O)C[n+]1ccc(N)c2ccccc21. The van der Waals surface area contributed by atoms with Gasteiger partial charge in [0.25, 0.3) is 5.91 Å². The number of benzene rings is 1. The van der Waals surface area contributed by atoms with Crippen molar-refractivity contribution in [3.8, 4) is 0 Å². The average molecular weight is 245 g/mol. The van der Waals surface area contributed by atoms with Crippen LogP contribution in [0.1, 0.15) is 0 Å². The number of aromatic nitrogens is 1. The van der Waals surface area contributed by atoms with E-state index in [-0.39, 0.29) is 6.54 Å². The average Bonchev–Trinajstić information content (AvgIpc) is 2.32. The van der Waals surface area contributed by atoms with Crippen molar-refractivity contribution >= 4 is 28.5 Å². The van der Waals surface area contributed by atoms with E-state index in [1.54, 1.807) is 16.8 Å². The Hall–Kier alpha value is -2.63. The molecule has 6 nitrogen and oxygen atoms in total. The summed E-state index contributed by atoms with van der Waals surface area (Å²) >= 11 is 0. The number of hydrogen-bond donors (Lipinski definition) is 3. The van der Waals surface area contributed by atoms with Gasteiger partial charge >= 0.3 is 6.03 Å². The Kier molecular flexibility index (Phi) is 3.09. The topological polar surface area (TPSA) is 102 Å². The number of nitrogens with one attached hydrogen (secondary N) is 1. The smallest absolute Gasteiger partial charge is 0.319 e. The summed E-state index contributed by atoms with van der Waals surface area (Å²) in [4.78, 5) is 22.1. The third-order valence-electron chi connectivity index (χ3n) is 2.54. The first kappa shape index (κ1) is 11.8. The molecule has 1 aromatic heterocycles. The van der Waals surface area contributed by atoms with E-state index < -0.39 is 11.9 Å². The van der Waals surface area contributed by atoms with Crippen molar-refractivity contribution in [2.45, 2.75) is 6.54 Å². The molecule has 0 aliphatic rings. The highest BCUT2D eigenvalue weighted by Gasteiger charge is 2.15. The summed E-state index contributed by atoms with van der Waals surface area (Å²) in [6, 6.07) is 8.29. The number of primary amides is 1. The Bertz CT molecular complexity index is 625. The molecular weight excluding hydrogens is 232 g/mol. The highest BCUT2D eigenvalue weighted by molar-refractivity contribution is 5.93. The largest absolute Gasteiger partial charge is 0.398 e. The highest BCUT2D eigenvalue weighted by Crippen LogP contribution is 2.16. The van der Waals surface area contributed by atoms with Gasteiger partial charge in [-0.25, -0.2) is 4.79 Å². The summed E-state index contributed by atoms with van der Waals surface area (Å²) in [6.07, 6.45) is 1.69. The van der Waals surface area contributed by atoms with Crippen LogP contribution in [0.15, 0.2) is 36.5 Å². The zero-order chi connectivity index (χ0) is 13.1. The van der Waals surface area contributed by atoms with Gasteiger partial charge in [-0.05, 0) is 6.07 Å². The summed E-state index contributed by atoms with van der Waals surface area (Å²) < 4.78 is 1.70. The van der Waals surface area contributed by atoms with E-state index in [4.69, 9.17) is 11.5 Å². The first-order valence-corrected chi connectivity index (χ1v) is 5.34. The maximum Gasteiger partial charge on any atom is 0.319 e. The van der Waals surface area contributed by atoms with Gasteiger partial charge in [0.15, 0.2) is 6.20 Å². The van der Waals surface area contributed by atoms with E-state index >= 15 is 0 Å². The fraction of sp³-hybridized carbons (Fsp3) is 0.0833. The van der Waals surface area contributed by atoms with Gasteiger partial charge in [-0.1, -0.05) is 12.1 Å². The number of urea groups is 1. The van der Waals surface area contributed by atoms with Gasteiger partial charge in [0.05, 0.1) is 11.1 Å². The second kappa shape index (κ2) is 4.70. The number of imide groups is 1. The summed E-state index contributed by atoms with van der Waals surface area (Å²) in [5.41, 5.74) is 12.2. The molecule has 18 heavy (non-hydrogen) atoms. The minimum atomic E-state index is -0.861. The van der Waals surface area contributed by atoms with E-state index in [0.717, 1.165) is 10.9 Å². The predicted molar refractivity (Wildman–Crippen MR) is 66.3 cm³/mol. The lowest BCUT2D eigenvalue weighted by atomic mass is 10.2. The lowest BCUT2D eigenvalue weighted by Gasteiger charge is -2.03. The number of nitrogen functional groups attached to an aromatic ring is 1. The maximum absolute atomic E-state index is 11.5. The van der Waals surface area contributed by atoms with Gasteiger partial charge < -0.3 is 11.5 Å². The Morgan fingerprint density at radius 2 is 1.94 bits per heavy atom. The van der Waals surface area contributed by atoms with E-state index in [0.29, 0.717) is 5.69 Å². The van der Waals surface area contributed by atoms with Crippen molar-refractivity contribution in [3.63, 3.8) is 0 Å². The Morgan fingerprint density at radius 1 is 1.22 bits per heavy atom. The van der Waals surface area contributed by atoms with Crippen LogP contribution in [0.4, 0.5) is 10.5 Å². The standard InChI is InChI=1S/C12H12N4O2/c13-9-5-6-16(7-11(17)15-12(14)18)10-4-2-1-3-8(9)10/h1-6,13H,7H2,(H3,14,15,17,18)/p+1. The van der Waals surface area contributed by atoms with E-state index in [2.05, 4.69) is 0 Å². The molecule has 1 aromatic carbocycles. The zero-order valence-electron chi connectivity index (χ0n) is 9.59. The number of rotatable bonds is 2. The van der Waals surface area contributed by atoms with Gasteiger partial charge in [0, 0.05) is 12.1 Å². The molecule has 2 rings (SSSR count). The fourth-order valence-corrected chi connectivity index (χ4v) is 1.78. The number of nitrogens with zero attached hydrogens (tertiary/aromatic N) is 1. The Morgan fingerprint density at radius 3 is 2.67 bits per heavy atom. The third kappa shape index (κ3) is 2.37. The minimum absolute atomic E-state index is 0.00370. The molecule has 0 aliphatic carbocycles. The van der Waals surface area contributed by atoms with Gasteiger partial charge in [-0.3, -0.25) is 10.1 Å². The number of para-hydroxylation sites is 1. The molecule has 92 valence electrons. The molecule has 6 heteroatoms. The molecule has 0 saturated carbocycles. The minimum Gasteiger partial charge on any atom is -0.398 e. The summed E-state index contributed by atoms with van der Waals surface area (Å²) in [7, 11) is 0. The van der Waals surface area contributed by atoms with Crippen LogP contribution in [-0.2, 0) is 11.3 Å². The van der Waals surface area contributed by atoms with Crippen molar-refractivity contribution in [2.75, 3.05) is 5.73 Å². The number of anilines is 1. The van der Waals surface area contributed by atoms with Crippen molar-refractivity contribution in [1.29, 1.82) is 0 Å². The van der Waals surface area contributed by atoms with Gasteiger partial charge in [-0.15, -0.1) is 0 Å². The maximum atomic E-state index is 11.5. The van der Waals surface area contributed by atoms with E-state index in [1.807, 2.05) is 29.6 Å². The molecule has 0 spiro atoms. The van der Waals surface area contributed by atoms with Crippen LogP contribution in [0.25, 0.3) is 10.9 Å². The van der Waals surface area contributed by atoms with E-state index in [1.165, 1.54) is 0 Å². The Balaban J connectivity index is 2.37. The van der Waals surface area contributed by atoms with Crippen molar-refractivity contribution in [3.05, 3.63) is 36.5 Å². The summed E-state index contributed by atoms with van der Waals surface area (Å²) in [6.45, 7) is 0.00370. The van der Waals surface area contributed by atoms with Crippen LogP contribution >= 0.6 is 0 Å². The quantitative estimate of drug-likeness (QED) is 0.644. The van der Waals surface area contributed by atoms with Crippen LogP contribution < -0.4 is 21.4 Å². The van der Waals surface area contributed by atoms with Gasteiger partial charge in [0.2, 0.25) is 12.1 Å². The molecule has 0 aliphatic heterocycles. The number of amides is 3. The molecule has 0 bridgehead atoms. The number of carbonyl (C=O) groups excluding carboxylic acids is 2. The molecule has 0 atom stereocenters. The molecule has 3 amide bonds. The fourth-order valence-electron chi connectivity index (χ4n) is 1.78. The second-order valence-corrected chi connectivity index (χ2v) is 3.83. The molecule has 5 N–H and O–H groups in total. The lowest BCUT2D eigenvalue weighted by Crippen LogP contribution is -2.46. The predicted octanol–water partition coefficient (Wildman–Crippen LogP) is -0.0956. The molecule has 0 radical (unpaired) electrons. The van der Waals surface area contributed by atoms with Crippen LogP contribution in [0, 0.1) is 0 Å². The van der Waals surface area contributed by atoms with Crippen LogP contribution in [0.2, 0.25) is 0 Å². The number of pyridine rings is 1. The monoisotopic (exact) mass is 245 g/mol. The molecule has 1 heterocycles. The third-order valence-corrected chi connectivity index (χ3v) is 2.54. The van der Waals surface area contributed by atoms with E-state index in [9.17, 15) is 9.59 Å². The second-order valence-electron chi connectivity index (χ2n) is 3.83. The molecule has 0 fully saturated rings. The summed E-state index contributed by atoms with van der Waals surface area (Å²) in [5, 5.41) is 2.87. The number of nitrogens with two attached hydrogens (primary N) is 2. The highest BCUT2D eigenvalue weighted by atomic mass is 16.2. The Labute approximate surface area is 103 Å². The van der Waals surface area contributed by atoms with Crippen molar-refractivity contribution in [1.82, 2.24) is 5.32 Å². The number of hydrogen-bond acceptors (Lipinski definition) is 3. The molecule has 2 aromatic rings. The normalized spacial score (nSPS) is 10.2. The van der Waals surface area contributed by atoms with Crippen molar-refractivity contribution < 1.29 is 14.2 Å². The van der Waals surface area contributed by atoms with Crippen LogP contribution in [0.5, 0.6) is 0 Å². The number of fused-ring (bicyclic) bond motifs is 1. The lowest BCUT2D eigenvalue weighted by molar-refractivity contribution is -0.658. The molecule has 0 unspecified atom stereocenters. The van der Waals surface area contributed by atoms with Crippen molar-refractivity contribution in [2.24, 2.45) is 5.73 Å².